The first kappa shape index (κ1) is 25.7. The van der Waals surface area contributed by atoms with Gasteiger partial charge in [0, 0.05) is 50.0 Å². The highest BCUT2D eigenvalue weighted by atomic mass is 16.2. The zero-order chi connectivity index (χ0) is 26.9. The predicted molar refractivity (Wildman–Crippen MR) is 144 cm³/mol. The van der Waals surface area contributed by atoms with E-state index in [1.165, 1.54) is 38.6 Å². The fourth-order valence-corrected chi connectivity index (χ4v) is 6.63. The molecule has 1 atom stereocenters. The Morgan fingerprint density at radius 1 is 0.949 bits per heavy atom. The summed E-state index contributed by atoms with van der Waals surface area (Å²) in [6.45, 7) is 3.93. The van der Waals surface area contributed by atoms with Crippen LogP contribution in [0, 0.1) is 5.92 Å². The topological polar surface area (TPSA) is 117 Å². The summed E-state index contributed by atoms with van der Waals surface area (Å²) in [4.78, 5) is 53.9. The highest BCUT2D eigenvalue weighted by Gasteiger charge is 2.45. The zero-order valence-electron chi connectivity index (χ0n) is 22.2. The van der Waals surface area contributed by atoms with Gasteiger partial charge in [-0.15, -0.1) is 0 Å². The smallest absolute Gasteiger partial charge is 0.264 e. The third kappa shape index (κ3) is 5.22. The van der Waals surface area contributed by atoms with Crippen molar-refractivity contribution in [1.29, 1.82) is 0 Å². The molecule has 4 aliphatic rings. The summed E-state index contributed by atoms with van der Waals surface area (Å²) < 4.78 is 2.07. The normalized spacial score (nSPS) is 23.3. The number of nitrogens with one attached hydrogen (secondary N) is 2. The predicted octanol–water partition coefficient (Wildman–Crippen LogP) is 3.11. The number of piperidine rings is 2. The number of hydrogen-bond acceptors (Lipinski definition) is 7. The summed E-state index contributed by atoms with van der Waals surface area (Å²) in [7, 11) is 0. The first-order valence-corrected chi connectivity index (χ1v) is 14.3. The Morgan fingerprint density at radius 3 is 2.51 bits per heavy atom. The molecule has 1 aromatic carbocycles. The minimum absolute atomic E-state index is 0.0957. The molecule has 2 aromatic rings. The van der Waals surface area contributed by atoms with Crippen LogP contribution < -0.4 is 10.6 Å². The maximum atomic E-state index is 13.3. The summed E-state index contributed by atoms with van der Waals surface area (Å²) in [5, 5.41) is 10.2. The van der Waals surface area contributed by atoms with Crippen molar-refractivity contribution in [1.82, 2.24) is 24.9 Å². The highest BCUT2D eigenvalue weighted by Crippen LogP contribution is 2.33. The van der Waals surface area contributed by atoms with Gasteiger partial charge in [-0.3, -0.25) is 34.1 Å². The van der Waals surface area contributed by atoms with Gasteiger partial charge < -0.3 is 10.2 Å². The van der Waals surface area contributed by atoms with E-state index in [1.54, 1.807) is 18.2 Å². The largest absolute Gasteiger partial charge is 0.380 e. The molecule has 1 aliphatic carbocycles. The number of imide groups is 2. The Bertz CT molecular complexity index is 1270. The number of amides is 4. The number of hydrogen-bond donors (Lipinski definition) is 2. The van der Waals surface area contributed by atoms with Gasteiger partial charge in [-0.1, -0.05) is 25.3 Å². The van der Waals surface area contributed by atoms with Gasteiger partial charge in [0.25, 0.3) is 11.8 Å². The zero-order valence-corrected chi connectivity index (χ0v) is 22.2. The number of likely N-dealkylation sites (tertiary alicyclic amines) is 1. The molecule has 0 radical (unpaired) electrons. The lowest BCUT2D eigenvalue weighted by molar-refractivity contribution is -0.136. The molecule has 2 saturated heterocycles. The lowest BCUT2D eigenvalue weighted by Gasteiger charge is -2.35. The van der Waals surface area contributed by atoms with Crippen molar-refractivity contribution in [2.24, 2.45) is 5.92 Å². The van der Waals surface area contributed by atoms with Gasteiger partial charge in [0.1, 0.15) is 6.04 Å². The van der Waals surface area contributed by atoms with Crippen LogP contribution in [0.5, 0.6) is 0 Å². The number of carbonyl (C=O) groups excluding carboxylic acids is 4. The highest BCUT2D eigenvalue weighted by molar-refractivity contribution is 6.25. The standard InChI is InChI=1S/C29H36N6O4/c36-25-10-9-24(27(37)32-25)35-28(38)22-7-4-8-23(26(22)29(35)39)30-15-20-16-31-34(18-20)21-11-13-33(14-12-21)17-19-5-2-1-3-6-19/h4,7-8,16,18-19,21,24,30H,1-3,5-6,9-15,17H2,(H,32,36,37). The lowest BCUT2D eigenvalue weighted by atomic mass is 9.88. The first-order chi connectivity index (χ1) is 19.0. The molecule has 10 nitrogen and oxygen atoms in total. The van der Waals surface area contributed by atoms with Crippen LogP contribution in [0.15, 0.2) is 30.6 Å². The molecule has 206 valence electrons. The van der Waals surface area contributed by atoms with E-state index in [-0.39, 0.29) is 29.9 Å². The third-order valence-electron chi connectivity index (χ3n) is 8.78. The lowest BCUT2D eigenvalue weighted by Crippen LogP contribution is -2.54. The molecule has 1 unspecified atom stereocenters. The summed E-state index contributed by atoms with van der Waals surface area (Å²) in [6, 6.07) is 4.51. The Morgan fingerprint density at radius 2 is 1.74 bits per heavy atom. The molecule has 1 saturated carbocycles. The molecule has 1 aromatic heterocycles. The van der Waals surface area contributed by atoms with Gasteiger partial charge in [-0.25, -0.2) is 0 Å². The van der Waals surface area contributed by atoms with E-state index in [4.69, 9.17) is 0 Å². The van der Waals surface area contributed by atoms with Crippen LogP contribution in [0.2, 0.25) is 0 Å². The van der Waals surface area contributed by atoms with Crippen LogP contribution in [-0.4, -0.2) is 68.9 Å². The maximum Gasteiger partial charge on any atom is 0.264 e. The number of benzene rings is 1. The number of nitrogens with zero attached hydrogens (tertiary/aromatic N) is 4. The van der Waals surface area contributed by atoms with Crippen LogP contribution in [0.4, 0.5) is 5.69 Å². The van der Waals surface area contributed by atoms with Crippen molar-refractivity contribution in [2.45, 2.75) is 76.4 Å². The van der Waals surface area contributed by atoms with Crippen LogP contribution >= 0.6 is 0 Å². The van der Waals surface area contributed by atoms with E-state index in [1.807, 2.05) is 6.20 Å². The van der Waals surface area contributed by atoms with Gasteiger partial charge in [0.15, 0.2) is 0 Å². The summed E-state index contributed by atoms with van der Waals surface area (Å²) in [6.07, 6.45) is 13.3. The van der Waals surface area contributed by atoms with E-state index in [2.05, 4.69) is 31.5 Å². The second-order valence-electron chi connectivity index (χ2n) is 11.4. The second kappa shape index (κ2) is 10.9. The maximum absolute atomic E-state index is 13.3. The van der Waals surface area contributed by atoms with Crippen LogP contribution in [-0.2, 0) is 16.1 Å². The molecule has 4 heterocycles. The molecule has 0 bridgehead atoms. The molecule has 3 fully saturated rings. The third-order valence-corrected chi connectivity index (χ3v) is 8.78. The number of aromatic nitrogens is 2. The molecule has 6 rings (SSSR count). The van der Waals surface area contributed by atoms with Crippen molar-refractivity contribution in [3.05, 3.63) is 47.3 Å². The Balaban J connectivity index is 1.07. The van der Waals surface area contributed by atoms with Crippen molar-refractivity contribution in [2.75, 3.05) is 25.0 Å². The first-order valence-electron chi connectivity index (χ1n) is 14.3. The van der Waals surface area contributed by atoms with Gasteiger partial charge in [0.2, 0.25) is 11.8 Å². The van der Waals surface area contributed by atoms with Crippen molar-refractivity contribution in [3.8, 4) is 0 Å². The summed E-state index contributed by atoms with van der Waals surface area (Å²) in [5.74, 6) is -1.14. The van der Waals surface area contributed by atoms with Gasteiger partial charge in [-0.05, 0) is 50.2 Å². The van der Waals surface area contributed by atoms with E-state index < -0.39 is 23.8 Å². The molecule has 10 heteroatoms. The second-order valence-corrected chi connectivity index (χ2v) is 11.4. The minimum Gasteiger partial charge on any atom is -0.380 e. The fourth-order valence-electron chi connectivity index (χ4n) is 6.63. The van der Waals surface area contributed by atoms with Crippen molar-refractivity contribution in [3.63, 3.8) is 0 Å². The number of carbonyl (C=O) groups is 4. The van der Waals surface area contributed by atoms with E-state index in [0.717, 1.165) is 42.3 Å². The molecule has 0 spiro atoms. The minimum atomic E-state index is -0.977. The Kier molecular flexibility index (Phi) is 7.20. The van der Waals surface area contributed by atoms with Crippen molar-refractivity contribution < 1.29 is 19.2 Å². The van der Waals surface area contributed by atoms with Gasteiger partial charge in [-0.2, -0.15) is 5.10 Å². The Labute approximate surface area is 228 Å². The van der Waals surface area contributed by atoms with Gasteiger partial charge >= 0.3 is 0 Å². The van der Waals surface area contributed by atoms with Gasteiger partial charge in [0.05, 0.1) is 23.4 Å². The molecule has 3 aliphatic heterocycles. The molecule has 39 heavy (non-hydrogen) atoms. The van der Waals surface area contributed by atoms with Crippen LogP contribution in [0.3, 0.4) is 0 Å². The van der Waals surface area contributed by atoms with E-state index >= 15 is 0 Å². The number of anilines is 1. The summed E-state index contributed by atoms with van der Waals surface area (Å²) >= 11 is 0. The number of rotatable bonds is 7. The SMILES string of the molecule is O=C1CCC(N2C(=O)c3cccc(NCc4cnn(C5CCN(CC6CCCCC6)CC5)c4)c3C2=O)C(=O)N1. The Hall–Kier alpha value is -3.53. The fraction of sp³-hybridized carbons (Fsp3) is 0.552. The molecule has 4 amide bonds. The van der Waals surface area contributed by atoms with Crippen LogP contribution in [0.1, 0.15) is 90.1 Å². The summed E-state index contributed by atoms with van der Waals surface area (Å²) in [5.41, 5.74) is 2.08. The molecular formula is C29H36N6O4. The van der Waals surface area contributed by atoms with E-state index in [0.29, 0.717) is 18.3 Å². The molecular weight excluding hydrogens is 496 g/mol. The average molecular weight is 533 g/mol. The van der Waals surface area contributed by atoms with E-state index in [9.17, 15) is 19.2 Å². The monoisotopic (exact) mass is 532 g/mol. The van der Waals surface area contributed by atoms with Crippen molar-refractivity contribution >= 4 is 29.3 Å². The number of fused-ring (bicyclic) bond motifs is 1. The quantitative estimate of drug-likeness (QED) is 0.527. The molecule has 2 N–H and O–H groups in total. The van der Waals surface area contributed by atoms with Crippen LogP contribution in [0.25, 0.3) is 0 Å². The average Bonchev–Trinajstić information content (AvgIpc) is 3.52.